The van der Waals surface area contributed by atoms with E-state index < -0.39 is 0 Å². The second-order valence-corrected chi connectivity index (χ2v) is 7.49. The highest BCUT2D eigenvalue weighted by molar-refractivity contribution is 5.78. The van der Waals surface area contributed by atoms with E-state index in [-0.39, 0.29) is 0 Å². The molecule has 3 heteroatoms. The number of rotatable bonds is 9. The van der Waals surface area contributed by atoms with Crippen LogP contribution in [0.3, 0.4) is 0 Å². The van der Waals surface area contributed by atoms with Crippen LogP contribution in [0.1, 0.15) is 19.8 Å². The molecular weight excluding hydrogens is 366 g/mol. The number of benzene rings is 3. The summed E-state index contributed by atoms with van der Waals surface area (Å²) in [5, 5.41) is 0. The Hall–Kier alpha value is -3.33. The lowest BCUT2D eigenvalue weighted by Gasteiger charge is -2.23. The number of imidazole rings is 1. The van der Waals surface area contributed by atoms with Crippen molar-refractivity contribution >= 4 is 5.69 Å². The van der Waals surface area contributed by atoms with Gasteiger partial charge < -0.3 is 9.47 Å². The van der Waals surface area contributed by atoms with Crippen LogP contribution >= 0.6 is 0 Å². The van der Waals surface area contributed by atoms with Gasteiger partial charge in [0.1, 0.15) is 0 Å². The number of unbranched alkanes of at least 4 members (excludes halogenated alkanes) is 1. The van der Waals surface area contributed by atoms with E-state index in [1.54, 1.807) is 0 Å². The third-order valence-corrected chi connectivity index (χ3v) is 5.51. The van der Waals surface area contributed by atoms with Crippen molar-refractivity contribution in [3.63, 3.8) is 0 Å². The summed E-state index contributed by atoms with van der Waals surface area (Å²) < 4.78 is 2.32. The topological polar surface area (TPSA) is 21.1 Å². The summed E-state index contributed by atoms with van der Waals surface area (Å²) in [7, 11) is 0. The lowest BCUT2D eigenvalue weighted by Crippen LogP contribution is -2.24. The van der Waals surface area contributed by atoms with Gasteiger partial charge in [0, 0.05) is 36.4 Å². The maximum Gasteiger partial charge on any atom is 0.0963 e. The van der Waals surface area contributed by atoms with E-state index in [1.807, 2.05) is 6.33 Å². The Morgan fingerprint density at radius 1 is 0.733 bits per heavy atom. The van der Waals surface area contributed by atoms with Crippen LogP contribution in [0.15, 0.2) is 97.3 Å². The van der Waals surface area contributed by atoms with E-state index in [9.17, 15) is 0 Å². The highest BCUT2D eigenvalue weighted by Crippen LogP contribution is 2.31. The molecule has 0 aliphatic heterocycles. The number of hydrogen-bond acceptors (Lipinski definition) is 2. The summed E-state index contributed by atoms with van der Waals surface area (Å²) in [5.74, 6) is 0. The number of nitrogens with zero attached hydrogens (tertiary/aromatic N) is 3. The fourth-order valence-electron chi connectivity index (χ4n) is 3.95. The Balaban J connectivity index is 1.48. The molecule has 0 atom stereocenters. The average Bonchev–Trinajstić information content (AvgIpc) is 3.25. The van der Waals surface area contributed by atoms with Gasteiger partial charge in [0.25, 0.3) is 0 Å². The molecular formula is C27H29N3. The van der Waals surface area contributed by atoms with Gasteiger partial charge in [-0.2, -0.15) is 0 Å². The van der Waals surface area contributed by atoms with E-state index in [0.29, 0.717) is 0 Å². The number of aryl methyl sites for hydroxylation is 1. The quantitative estimate of drug-likeness (QED) is 0.301. The van der Waals surface area contributed by atoms with Crippen molar-refractivity contribution in [3.8, 4) is 22.5 Å². The van der Waals surface area contributed by atoms with Crippen molar-refractivity contribution in [1.82, 2.24) is 9.55 Å². The molecule has 0 radical (unpaired) electrons. The minimum Gasteiger partial charge on any atom is -0.372 e. The zero-order chi connectivity index (χ0) is 20.6. The number of hydrogen-bond donors (Lipinski definition) is 0. The molecule has 0 spiro atoms. The summed E-state index contributed by atoms with van der Waals surface area (Å²) >= 11 is 0. The fourth-order valence-corrected chi connectivity index (χ4v) is 3.95. The molecule has 0 aliphatic rings. The molecule has 4 aromatic rings. The Morgan fingerprint density at radius 2 is 1.33 bits per heavy atom. The van der Waals surface area contributed by atoms with Gasteiger partial charge in [-0.1, -0.05) is 78.9 Å². The minimum absolute atomic E-state index is 0.969. The highest BCUT2D eigenvalue weighted by atomic mass is 15.1. The molecule has 0 saturated heterocycles. The van der Waals surface area contributed by atoms with E-state index in [4.69, 9.17) is 4.98 Å². The first-order valence-corrected chi connectivity index (χ1v) is 10.8. The monoisotopic (exact) mass is 395 g/mol. The molecule has 0 saturated carbocycles. The summed E-state index contributed by atoms with van der Waals surface area (Å²) in [6.07, 6.45) is 4.27. The molecule has 0 unspecified atom stereocenters. The standard InChI is InChI=1S/C27H29N3/c1-2-29(25-18-10-5-11-19-25)20-12-13-21-30-22-28-26(23-14-6-3-7-15-23)27(30)24-16-8-4-9-17-24/h3-11,14-19,22H,2,12-13,20-21H2,1H3. The van der Waals surface area contributed by atoms with Crippen molar-refractivity contribution < 1.29 is 0 Å². The third kappa shape index (κ3) is 4.62. The first-order valence-electron chi connectivity index (χ1n) is 10.8. The second kappa shape index (κ2) is 9.93. The Labute approximate surface area is 179 Å². The van der Waals surface area contributed by atoms with Crippen LogP contribution < -0.4 is 4.90 Å². The molecule has 0 bridgehead atoms. The maximum absolute atomic E-state index is 4.79. The van der Waals surface area contributed by atoms with Crippen LogP contribution in [0.4, 0.5) is 5.69 Å². The Kier molecular flexibility index (Phi) is 6.61. The van der Waals surface area contributed by atoms with Gasteiger partial charge in [-0.05, 0) is 31.9 Å². The fraction of sp³-hybridized carbons (Fsp3) is 0.222. The number of anilines is 1. The van der Waals surface area contributed by atoms with Gasteiger partial charge in [-0.25, -0.2) is 4.98 Å². The molecule has 1 heterocycles. The van der Waals surface area contributed by atoms with Crippen LogP contribution in [0.2, 0.25) is 0 Å². The molecule has 0 N–H and O–H groups in total. The molecule has 0 amide bonds. The van der Waals surface area contributed by atoms with E-state index in [1.165, 1.54) is 16.9 Å². The summed E-state index contributed by atoms with van der Waals surface area (Å²) in [6, 6.07) is 31.8. The van der Waals surface area contributed by atoms with Crippen LogP contribution in [0.25, 0.3) is 22.5 Å². The highest BCUT2D eigenvalue weighted by Gasteiger charge is 2.14. The average molecular weight is 396 g/mol. The van der Waals surface area contributed by atoms with E-state index in [0.717, 1.165) is 43.7 Å². The molecule has 1 aromatic heterocycles. The van der Waals surface area contributed by atoms with Crippen LogP contribution in [0.5, 0.6) is 0 Å². The Bertz CT molecular complexity index is 1020. The largest absolute Gasteiger partial charge is 0.372 e. The number of para-hydroxylation sites is 1. The third-order valence-electron chi connectivity index (χ3n) is 5.51. The van der Waals surface area contributed by atoms with Gasteiger partial charge in [-0.15, -0.1) is 0 Å². The van der Waals surface area contributed by atoms with Gasteiger partial charge >= 0.3 is 0 Å². The van der Waals surface area contributed by atoms with E-state index >= 15 is 0 Å². The first-order chi connectivity index (χ1) is 14.9. The first kappa shape index (κ1) is 20.0. The molecule has 4 rings (SSSR count). The summed E-state index contributed by atoms with van der Waals surface area (Å²) in [4.78, 5) is 7.24. The normalized spacial score (nSPS) is 10.8. The van der Waals surface area contributed by atoms with Crippen molar-refractivity contribution in [1.29, 1.82) is 0 Å². The lowest BCUT2D eigenvalue weighted by molar-refractivity contribution is 0.604. The Morgan fingerprint density at radius 3 is 1.97 bits per heavy atom. The van der Waals surface area contributed by atoms with Gasteiger partial charge in [0.15, 0.2) is 0 Å². The molecule has 30 heavy (non-hydrogen) atoms. The predicted molar refractivity (Wildman–Crippen MR) is 127 cm³/mol. The zero-order valence-corrected chi connectivity index (χ0v) is 17.6. The van der Waals surface area contributed by atoms with Crippen LogP contribution in [-0.2, 0) is 6.54 Å². The molecule has 0 fully saturated rings. The van der Waals surface area contributed by atoms with Crippen molar-refractivity contribution in [3.05, 3.63) is 97.3 Å². The maximum atomic E-state index is 4.79. The van der Waals surface area contributed by atoms with Gasteiger partial charge in [-0.3, -0.25) is 0 Å². The summed E-state index contributed by atoms with van der Waals surface area (Å²) in [5.41, 5.74) is 5.95. The minimum atomic E-state index is 0.969. The zero-order valence-electron chi connectivity index (χ0n) is 17.6. The van der Waals surface area contributed by atoms with Gasteiger partial charge in [0.05, 0.1) is 17.7 Å². The molecule has 0 aliphatic carbocycles. The van der Waals surface area contributed by atoms with Gasteiger partial charge in [0.2, 0.25) is 0 Å². The molecule has 3 nitrogen and oxygen atoms in total. The van der Waals surface area contributed by atoms with Crippen molar-refractivity contribution in [2.45, 2.75) is 26.3 Å². The SMILES string of the molecule is CCN(CCCCn1cnc(-c2ccccc2)c1-c1ccccc1)c1ccccc1. The molecule has 3 aromatic carbocycles. The van der Waals surface area contributed by atoms with E-state index in [2.05, 4.69) is 107 Å². The van der Waals surface area contributed by atoms with Crippen molar-refractivity contribution in [2.75, 3.05) is 18.0 Å². The van der Waals surface area contributed by atoms with Crippen LogP contribution in [0, 0.1) is 0 Å². The van der Waals surface area contributed by atoms with Crippen LogP contribution in [-0.4, -0.2) is 22.6 Å². The second-order valence-electron chi connectivity index (χ2n) is 7.49. The summed E-state index contributed by atoms with van der Waals surface area (Å²) in [6.45, 7) is 5.29. The smallest absolute Gasteiger partial charge is 0.0963 e. The predicted octanol–water partition coefficient (Wildman–Crippen LogP) is 6.52. The van der Waals surface area contributed by atoms with Crippen molar-refractivity contribution in [2.24, 2.45) is 0 Å². The number of aromatic nitrogens is 2. The molecule has 152 valence electrons. The lowest BCUT2D eigenvalue weighted by atomic mass is 10.0.